The van der Waals surface area contributed by atoms with Crippen molar-refractivity contribution < 1.29 is 14.3 Å². The van der Waals surface area contributed by atoms with Crippen LogP contribution in [0.2, 0.25) is 0 Å². The summed E-state index contributed by atoms with van der Waals surface area (Å²) in [7, 11) is 0. The first-order valence-corrected chi connectivity index (χ1v) is 16.5. The molecule has 2 amide bonds. The van der Waals surface area contributed by atoms with Crippen LogP contribution in [0.25, 0.3) is 0 Å². The van der Waals surface area contributed by atoms with Gasteiger partial charge in [0, 0.05) is 57.3 Å². The van der Waals surface area contributed by atoms with Crippen LogP contribution >= 0.6 is 0 Å². The van der Waals surface area contributed by atoms with Gasteiger partial charge in [-0.3, -0.25) is 9.59 Å². The highest BCUT2D eigenvalue weighted by Crippen LogP contribution is 2.39. The molecule has 0 radical (unpaired) electrons. The number of hydrogen-bond donors (Lipinski definition) is 0. The quantitative estimate of drug-likeness (QED) is 0.351. The van der Waals surface area contributed by atoms with Crippen molar-refractivity contribution in [2.75, 3.05) is 44.2 Å². The third kappa shape index (κ3) is 7.47. The van der Waals surface area contributed by atoms with Gasteiger partial charge >= 0.3 is 0 Å². The minimum absolute atomic E-state index is 0.0631. The first-order valence-electron chi connectivity index (χ1n) is 16.5. The fourth-order valence-electron chi connectivity index (χ4n) is 6.86. The third-order valence-corrected chi connectivity index (χ3v) is 10.00. The number of fused-ring (bicyclic) bond motifs is 1. The molecule has 1 saturated carbocycles. The number of nitriles is 1. The summed E-state index contributed by atoms with van der Waals surface area (Å²) >= 11 is 0. The fraction of sp³-hybridized carbons (Fsp3) is 0.459. The summed E-state index contributed by atoms with van der Waals surface area (Å²) in [5.74, 6) is 2.23. The van der Waals surface area contributed by atoms with Crippen LogP contribution in [0.4, 0.5) is 5.82 Å². The molecule has 3 aliphatic rings. The molecule has 3 heterocycles. The van der Waals surface area contributed by atoms with Gasteiger partial charge in [-0.25, -0.2) is 4.98 Å². The van der Waals surface area contributed by atoms with Crippen LogP contribution in [0.3, 0.4) is 0 Å². The first kappa shape index (κ1) is 30.6. The van der Waals surface area contributed by atoms with E-state index in [9.17, 15) is 14.9 Å². The Bertz CT molecular complexity index is 1490. The second-order valence-electron chi connectivity index (χ2n) is 13.0. The van der Waals surface area contributed by atoms with E-state index in [1.165, 1.54) is 19.3 Å². The van der Waals surface area contributed by atoms with Crippen LogP contribution in [0, 0.1) is 22.7 Å². The molecule has 45 heavy (non-hydrogen) atoms. The molecule has 1 aromatic heterocycles. The highest BCUT2D eigenvalue weighted by molar-refractivity contribution is 5.97. The molecule has 1 aliphatic carbocycles. The minimum Gasteiger partial charge on any atom is -0.492 e. The summed E-state index contributed by atoms with van der Waals surface area (Å²) < 4.78 is 6.58. The van der Waals surface area contributed by atoms with Gasteiger partial charge in [-0.1, -0.05) is 48.9 Å². The van der Waals surface area contributed by atoms with Gasteiger partial charge < -0.3 is 19.4 Å². The highest BCUT2D eigenvalue weighted by Gasteiger charge is 2.38. The number of carbonyl (C=O) groups excluding carboxylic acids is 2. The largest absolute Gasteiger partial charge is 0.492 e. The molecule has 1 spiro atoms. The van der Waals surface area contributed by atoms with Gasteiger partial charge in [0.05, 0.1) is 17.7 Å². The van der Waals surface area contributed by atoms with E-state index in [4.69, 9.17) is 4.74 Å². The van der Waals surface area contributed by atoms with Crippen LogP contribution in [-0.2, 0) is 11.3 Å². The SMILES string of the molecule is N#Cc1ccc(N2CCCC3(CCN(C(=O)CC4CCC4)CC3)COc3ccccc3C(=O)N(Cc3ccccc3)CC2)nc1. The Labute approximate surface area is 266 Å². The van der Waals surface area contributed by atoms with Crippen LogP contribution in [-0.4, -0.2) is 65.9 Å². The number of para-hydroxylation sites is 1. The average molecular weight is 606 g/mol. The number of hydrogen-bond acceptors (Lipinski definition) is 6. The number of nitrogens with zero attached hydrogens (tertiary/aromatic N) is 5. The van der Waals surface area contributed by atoms with Gasteiger partial charge in [0.25, 0.3) is 5.91 Å². The van der Waals surface area contributed by atoms with E-state index >= 15 is 0 Å². The fourth-order valence-corrected chi connectivity index (χ4v) is 6.86. The Kier molecular flexibility index (Phi) is 9.63. The van der Waals surface area contributed by atoms with Crippen LogP contribution in [0.5, 0.6) is 5.75 Å². The molecule has 6 rings (SSSR count). The lowest BCUT2D eigenvalue weighted by Gasteiger charge is -2.42. The zero-order valence-electron chi connectivity index (χ0n) is 26.1. The maximum atomic E-state index is 14.2. The lowest BCUT2D eigenvalue weighted by molar-refractivity contribution is -0.135. The van der Waals surface area contributed by atoms with Crippen LogP contribution in [0.15, 0.2) is 72.9 Å². The van der Waals surface area contributed by atoms with Crippen molar-refractivity contribution >= 4 is 17.6 Å². The van der Waals surface area contributed by atoms with Crippen molar-refractivity contribution in [3.8, 4) is 11.8 Å². The number of benzene rings is 2. The molecule has 2 aromatic carbocycles. The first-order chi connectivity index (χ1) is 22.0. The molecule has 8 heteroatoms. The number of likely N-dealkylation sites (tertiary alicyclic amines) is 1. The number of carbonyl (C=O) groups is 2. The summed E-state index contributed by atoms with van der Waals surface area (Å²) in [6, 6.07) is 23.5. The molecular formula is C37H43N5O3. The molecule has 1 saturated heterocycles. The smallest absolute Gasteiger partial charge is 0.257 e. The zero-order valence-corrected chi connectivity index (χ0v) is 26.1. The number of pyridine rings is 1. The van der Waals surface area contributed by atoms with Gasteiger partial charge in [-0.15, -0.1) is 0 Å². The zero-order chi connectivity index (χ0) is 31.1. The summed E-state index contributed by atoms with van der Waals surface area (Å²) in [4.78, 5) is 38.1. The Morgan fingerprint density at radius 3 is 2.40 bits per heavy atom. The van der Waals surface area contributed by atoms with Crippen molar-refractivity contribution in [1.82, 2.24) is 14.8 Å². The number of ether oxygens (including phenoxy) is 1. The van der Waals surface area contributed by atoms with E-state index < -0.39 is 0 Å². The lowest BCUT2D eigenvalue weighted by Crippen LogP contribution is -2.46. The summed E-state index contributed by atoms with van der Waals surface area (Å²) in [5, 5.41) is 9.33. The van der Waals surface area contributed by atoms with Crippen molar-refractivity contribution in [1.29, 1.82) is 5.26 Å². The van der Waals surface area contributed by atoms with Crippen molar-refractivity contribution in [2.45, 2.75) is 57.9 Å². The summed E-state index contributed by atoms with van der Waals surface area (Å²) in [5.41, 5.74) is 2.07. The van der Waals surface area contributed by atoms with Gasteiger partial charge in [0.1, 0.15) is 17.6 Å². The Balaban J connectivity index is 1.26. The van der Waals surface area contributed by atoms with E-state index in [2.05, 4.69) is 20.9 Å². The molecule has 0 bridgehead atoms. The highest BCUT2D eigenvalue weighted by atomic mass is 16.5. The molecule has 234 valence electrons. The second kappa shape index (κ2) is 14.2. The lowest BCUT2D eigenvalue weighted by atomic mass is 9.75. The van der Waals surface area contributed by atoms with E-state index in [-0.39, 0.29) is 11.3 Å². The molecule has 8 nitrogen and oxygen atoms in total. The summed E-state index contributed by atoms with van der Waals surface area (Å²) in [6.07, 6.45) is 9.57. The van der Waals surface area contributed by atoms with E-state index in [1.54, 1.807) is 12.3 Å². The van der Waals surface area contributed by atoms with Crippen molar-refractivity contribution in [3.05, 3.63) is 89.6 Å². The molecule has 2 fully saturated rings. The van der Waals surface area contributed by atoms with Crippen LogP contribution < -0.4 is 9.64 Å². The number of amides is 2. The topological polar surface area (TPSA) is 89.8 Å². The maximum Gasteiger partial charge on any atom is 0.257 e. The number of anilines is 1. The molecule has 2 aliphatic heterocycles. The predicted molar refractivity (Wildman–Crippen MR) is 174 cm³/mol. The third-order valence-electron chi connectivity index (χ3n) is 10.00. The Morgan fingerprint density at radius 1 is 0.911 bits per heavy atom. The molecule has 0 unspecified atom stereocenters. The Morgan fingerprint density at radius 2 is 1.69 bits per heavy atom. The van der Waals surface area contributed by atoms with E-state index in [0.29, 0.717) is 61.4 Å². The number of rotatable bonds is 5. The Hall–Kier alpha value is -4.38. The number of aromatic nitrogens is 1. The van der Waals surface area contributed by atoms with Gasteiger partial charge in [-0.2, -0.15) is 5.26 Å². The molecule has 3 aromatic rings. The van der Waals surface area contributed by atoms with E-state index in [0.717, 1.165) is 56.7 Å². The molecule has 0 atom stereocenters. The number of piperidine rings is 1. The van der Waals surface area contributed by atoms with E-state index in [1.807, 2.05) is 65.6 Å². The summed E-state index contributed by atoms with van der Waals surface area (Å²) in [6.45, 7) is 4.38. The normalized spacial score (nSPS) is 19.3. The maximum absolute atomic E-state index is 14.2. The molecular weight excluding hydrogens is 562 g/mol. The predicted octanol–water partition coefficient (Wildman–Crippen LogP) is 6.07. The van der Waals surface area contributed by atoms with Crippen molar-refractivity contribution in [2.24, 2.45) is 11.3 Å². The molecule has 0 N–H and O–H groups in total. The average Bonchev–Trinajstić information content (AvgIpc) is 3.07. The van der Waals surface area contributed by atoms with Crippen LogP contribution in [0.1, 0.15) is 72.9 Å². The monoisotopic (exact) mass is 605 g/mol. The van der Waals surface area contributed by atoms with Gasteiger partial charge in [-0.05, 0) is 74.3 Å². The standard InChI is InChI=1S/C37H43N5O3/c38-25-31-14-15-34(39-26-31)40-19-7-16-37(17-20-41(21-18-37)35(43)24-29-10-6-11-29)28-45-33-13-5-4-12-32(33)36(44)42(23-22-40)27-30-8-2-1-3-9-30/h1-5,8-9,12-15,26,29H,6-7,10-11,16-24,27-28H2. The van der Waals surface area contributed by atoms with Gasteiger partial charge in [0.2, 0.25) is 5.91 Å². The van der Waals surface area contributed by atoms with Crippen molar-refractivity contribution in [3.63, 3.8) is 0 Å². The van der Waals surface area contributed by atoms with Gasteiger partial charge in [0.15, 0.2) is 0 Å². The minimum atomic E-state index is -0.0923. The second-order valence-corrected chi connectivity index (χ2v) is 13.0.